The molecule has 76 valence electrons. The molecule has 13 heavy (non-hydrogen) atoms. The van der Waals surface area contributed by atoms with Crippen LogP contribution in [-0.4, -0.2) is 28.2 Å². The third-order valence-corrected chi connectivity index (χ3v) is 4.00. The summed E-state index contributed by atoms with van der Waals surface area (Å²) < 4.78 is 10.3. The van der Waals surface area contributed by atoms with Crippen LogP contribution in [-0.2, 0) is 9.47 Å². The topological polar surface area (TPSA) is 35.5 Å². The predicted molar refractivity (Wildman–Crippen MR) is 58.6 cm³/mol. The Morgan fingerprint density at radius 2 is 2.38 bits per heavy atom. The zero-order valence-electron chi connectivity index (χ0n) is 7.33. The second-order valence-electron chi connectivity index (χ2n) is 2.96. The molecule has 1 saturated heterocycles. The van der Waals surface area contributed by atoms with Crippen molar-refractivity contribution in [1.82, 2.24) is 0 Å². The molecule has 1 aliphatic heterocycles. The number of alkyl halides is 2. The molecule has 1 heterocycles. The Bertz CT molecular complexity index is 188. The van der Waals surface area contributed by atoms with Crippen LogP contribution < -0.4 is 0 Å². The van der Waals surface area contributed by atoms with Crippen molar-refractivity contribution in [3.05, 3.63) is 0 Å². The van der Waals surface area contributed by atoms with Crippen molar-refractivity contribution in [3.8, 4) is 0 Å². The van der Waals surface area contributed by atoms with Crippen LogP contribution in [0, 0.1) is 0 Å². The van der Waals surface area contributed by atoms with E-state index in [2.05, 4.69) is 29.5 Å². The van der Waals surface area contributed by atoms with Gasteiger partial charge in [-0.1, -0.05) is 29.5 Å². The number of ether oxygens (including phenoxy) is 2. The largest absolute Gasteiger partial charge is 0.508 e. The standard InChI is InChI=1S/C8H12ClIO3/c1-2-6(10)7-3-5(4-9)12-8(11)13-7/h5-7H,2-4H2,1H3/t5-,6+,7+/m0/s1. The lowest BCUT2D eigenvalue weighted by Gasteiger charge is -2.30. The first-order chi connectivity index (χ1) is 6.17. The van der Waals surface area contributed by atoms with Gasteiger partial charge in [0.1, 0.15) is 12.2 Å². The van der Waals surface area contributed by atoms with Crippen LogP contribution in [0.5, 0.6) is 0 Å². The fraction of sp³-hybridized carbons (Fsp3) is 0.875. The average molecular weight is 319 g/mol. The van der Waals surface area contributed by atoms with E-state index in [0.29, 0.717) is 16.2 Å². The molecule has 0 aliphatic carbocycles. The van der Waals surface area contributed by atoms with Gasteiger partial charge in [-0.15, -0.1) is 11.6 Å². The number of halogens is 2. The summed E-state index contributed by atoms with van der Waals surface area (Å²) in [4.78, 5) is 11.0. The molecular weight excluding hydrogens is 306 g/mol. The molecule has 1 fully saturated rings. The van der Waals surface area contributed by atoms with Gasteiger partial charge in [-0.3, -0.25) is 0 Å². The molecule has 0 N–H and O–H groups in total. The number of hydrogen-bond acceptors (Lipinski definition) is 3. The molecule has 0 aromatic heterocycles. The van der Waals surface area contributed by atoms with Crippen molar-refractivity contribution in [2.45, 2.75) is 35.9 Å². The normalized spacial score (nSPS) is 30.5. The molecule has 3 atom stereocenters. The number of rotatable bonds is 3. The summed E-state index contributed by atoms with van der Waals surface area (Å²) in [7, 11) is 0. The van der Waals surface area contributed by atoms with Crippen LogP contribution in [0.25, 0.3) is 0 Å². The maximum absolute atomic E-state index is 11.0. The lowest BCUT2D eigenvalue weighted by molar-refractivity contribution is -0.0515. The third-order valence-electron chi connectivity index (χ3n) is 1.97. The first kappa shape index (κ1) is 11.4. The number of carbonyl (C=O) groups is 1. The van der Waals surface area contributed by atoms with Gasteiger partial charge in [0, 0.05) is 10.3 Å². The monoisotopic (exact) mass is 318 g/mol. The van der Waals surface area contributed by atoms with Gasteiger partial charge in [-0.2, -0.15) is 0 Å². The highest BCUT2D eigenvalue weighted by molar-refractivity contribution is 14.1. The smallest absolute Gasteiger partial charge is 0.430 e. The van der Waals surface area contributed by atoms with E-state index in [1.54, 1.807) is 0 Å². The summed E-state index contributed by atoms with van der Waals surface area (Å²) in [5, 5.41) is 0. The highest BCUT2D eigenvalue weighted by Gasteiger charge is 2.32. The number of cyclic esters (lactones) is 2. The molecule has 5 heteroatoms. The second-order valence-corrected chi connectivity index (χ2v) is 4.87. The molecule has 1 aliphatic rings. The Balaban J connectivity index is 2.51. The number of hydrogen-bond donors (Lipinski definition) is 0. The molecule has 0 aromatic rings. The molecule has 0 amide bonds. The van der Waals surface area contributed by atoms with E-state index >= 15 is 0 Å². The van der Waals surface area contributed by atoms with Crippen molar-refractivity contribution >= 4 is 40.3 Å². The first-order valence-corrected chi connectivity index (χ1v) is 6.02. The van der Waals surface area contributed by atoms with Crippen molar-refractivity contribution in [1.29, 1.82) is 0 Å². The summed E-state index contributed by atoms with van der Waals surface area (Å²) in [5.74, 6) is 0.346. The fourth-order valence-corrected chi connectivity index (χ4v) is 1.85. The summed E-state index contributed by atoms with van der Waals surface area (Å²) in [5.41, 5.74) is 0. The highest BCUT2D eigenvalue weighted by atomic mass is 127. The molecule has 0 unspecified atom stereocenters. The van der Waals surface area contributed by atoms with Crippen LogP contribution in [0.4, 0.5) is 4.79 Å². The predicted octanol–water partition coefficient (Wildman–Crippen LogP) is 2.73. The first-order valence-electron chi connectivity index (χ1n) is 4.24. The minimum atomic E-state index is -0.586. The van der Waals surface area contributed by atoms with E-state index in [9.17, 15) is 4.79 Å². The highest BCUT2D eigenvalue weighted by Crippen LogP contribution is 2.24. The Kier molecular flexibility index (Phi) is 4.58. The average Bonchev–Trinajstić information content (AvgIpc) is 2.15. The fourth-order valence-electron chi connectivity index (χ4n) is 1.22. The van der Waals surface area contributed by atoms with Gasteiger partial charge in [0.2, 0.25) is 0 Å². The van der Waals surface area contributed by atoms with E-state index in [0.717, 1.165) is 6.42 Å². The van der Waals surface area contributed by atoms with Gasteiger partial charge in [-0.05, 0) is 6.42 Å². The van der Waals surface area contributed by atoms with E-state index in [1.165, 1.54) is 0 Å². The Morgan fingerprint density at radius 1 is 1.69 bits per heavy atom. The van der Waals surface area contributed by atoms with Crippen LogP contribution in [0.15, 0.2) is 0 Å². The molecule has 0 aromatic carbocycles. The van der Waals surface area contributed by atoms with E-state index in [4.69, 9.17) is 21.1 Å². The molecule has 0 bridgehead atoms. The van der Waals surface area contributed by atoms with Gasteiger partial charge in [0.05, 0.1) is 5.88 Å². The van der Waals surface area contributed by atoms with E-state index < -0.39 is 6.16 Å². The minimum absolute atomic E-state index is 0.0457. The van der Waals surface area contributed by atoms with Crippen LogP contribution >= 0.6 is 34.2 Å². The van der Waals surface area contributed by atoms with Gasteiger partial charge < -0.3 is 9.47 Å². The lowest BCUT2D eigenvalue weighted by Crippen LogP contribution is -2.39. The third kappa shape index (κ3) is 3.16. The maximum atomic E-state index is 11.0. The molecule has 3 nitrogen and oxygen atoms in total. The Hall–Kier alpha value is 0.290. The van der Waals surface area contributed by atoms with Crippen molar-refractivity contribution in [2.24, 2.45) is 0 Å². The van der Waals surface area contributed by atoms with Crippen molar-refractivity contribution in [3.63, 3.8) is 0 Å². The van der Waals surface area contributed by atoms with Crippen LogP contribution in [0.1, 0.15) is 19.8 Å². The second kappa shape index (κ2) is 5.24. The molecule has 0 spiro atoms. The van der Waals surface area contributed by atoms with Crippen molar-refractivity contribution < 1.29 is 14.3 Å². The van der Waals surface area contributed by atoms with Crippen molar-refractivity contribution in [2.75, 3.05) is 5.88 Å². The summed E-state index contributed by atoms with van der Waals surface area (Å²) in [6.45, 7) is 2.07. The van der Waals surface area contributed by atoms with Crippen LogP contribution in [0.2, 0.25) is 0 Å². The quantitative estimate of drug-likeness (QED) is 0.456. The summed E-state index contributed by atoms with van der Waals surface area (Å²) in [6.07, 6.45) is 0.869. The van der Waals surface area contributed by atoms with Gasteiger partial charge in [0.25, 0.3) is 0 Å². The zero-order valence-corrected chi connectivity index (χ0v) is 10.2. The van der Waals surface area contributed by atoms with E-state index in [-0.39, 0.29) is 12.2 Å². The molecular formula is C8H12ClIO3. The lowest BCUT2D eigenvalue weighted by atomic mass is 10.1. The molecule has 0 radical (unpaired) electrons. The zero-order chi connectivity index (χ0) is 9.84. The van der Waals surface area contributed by atoms with Gasteiger partial charge in [0.15, 0.2) is 0 Å². The molecule has 0 saturated carbocycles. The Labute approximate surface area is 96.2 Å². The maximum Gasteiger partial charge on any atom is 0.508 e. The SMILES string of the molecule is CC[C@@H](I)[C@H]1C[C@@H](CCl)OC(=O)O1. The summed E-state index contributed by atoms with van der Waals surface area (Å²) >= 11 is 7.91. The number of carbonyl (C=O) groups excluding carboxylic acids is 1. The Morgan fingerprint density at radius 3 is 2.92 bits per heavy atom. The minimum Gasteiger partial charge on any atom is -0.430 e. The van der Waals surface area contributed by atoms with Gasteiger partial charge in [-0.25, -0.2) is 4.79 Å². The van der Waals surface area contributed by atoms with Crippen LogP contribution in [0.3, 0.4) is 0 Å². The molecule has 1 rings (SSSR count). The van der Waals surface area contributed by atoms with E-state index in [1.807, 2.05) is 0 Å². The van der Waals surface area contributed by atoms with Gasteiger partial charge >= 0.3 is 6.16 Å². The summed E-state index contributed by atoms with van der Waals surface area (Å²) in [6, 6.07) is 0.